The Hall–Kier alpha value is -1.11. The smallest absolute Gasteiger partial charge is 0.342 e. The molecule has 1 aromatic heterocycles. The maximum atomic E-state index is 13.9. The van der Waals surface area contributed by atoms with Crippen LogP contribution in [0.1, 0.15) is 18.5 Å². The molecule has 0 fully saturated rings. The van der Waals surface area contributed by atoms with Gasteiger partial charge in [-0.25, -0.2) is 9.18 Å². The zero-order chi connectivity index (χ0) is 14.0. The standard InChI is InChI=1S/C13H14BrFN2O2.ClH/c1-2-19-13(18)11(15)12(16)9-6-17-10-4-3-7(14)5-8(9)10;/h3-6,11-12,17H,2,16H2,1H3;1H/t11?,12-;/m1./s1. The van der Waals surface area contributed by atoms with Crippen molar-refractivity contribution in [3.63, 3.8) is 0 Å². The van der Waals surface area contributed by atoms with Gasteiger partial charge in [-0.3, -0.25) is 0 Å². The van der Waals surface area contributed by atoms with Gasteiger partial charge in [-0.1, -0.05) is 15.9 Å². The van der Waals surface area contributed by atoms with E-state index in [4.69, 9.17) is 5.73 Å². The van der Waals surface area contributed by atoms with Gasteiger partial charge in [0.2, 0.25) is 6.17 Å². The molecule has 1 unspecified atom stereocenters. The van der Waals surface area contributed by atoms with Gasteiger partial charge in [-0.05, 0) is 30.7 Å². The number of rotatable bonds is 4. The van der Waals surface area contributed by atoms with E-state index in [1.807, 2.05) is 18.2 Å². The van der Waals surface area contributed by atoms with Crippen LogP contribution in [0.3, 0.4) is 0 Å². The van der Waals surface area contributed by atoms with Crippen LogP contribution in [0.25, 0.3) is 10.9 Å². The minimum atomic E-state index is -1.88. The number of alkyl halides is 1. The molecular weight excluding hydrogens is 351 g/mol. The fraction of sp³-hybridized carbons (Fsp3) is 0.308. The van der Waals surface area contributed by atoms with E-state index in [1.165, 1.54) is 0 Å². The minimum Gasteiger partial charge on any atom is -0.464 e. The van der Waals surface area contributed by atoms with Gasteiger partial charge in [0.15, 0.2) is 0 Å². The minimum absolute atomic E-state index is 0. The number of H-pyrrole nitrogens is 1. The van der Waals surface area contributed by atoms with Gasteiger partial charge in [-0.2, -0.15) is 0 Å². The van der Waals surface area contributed by atoms with Crippen LogP contribution in [0.15, 0.2) is 28.9 Å². The molecule has 0 saturated carbocycles. The Morgan fingerprint density at radius 2 is 2.25 bits per heavy atom. The van der Waals surface area contributed by atoms with Crippen molar-refractivity contribution in [3.8, 4) is 0 Å². The van der Waals surface area contributed by atoms with E-state index in [2.05, 4.69) is 25.7 Å². The van der Waals surface area contributed by atoms with Crippen molar-refractivity contribution in [2.75, 3.05) is 6.61 Å². The summed E-state index contributed by atoms with van der Waals surface area (Å²) in [6.07, 6.45) is -0.258. The highest BCUT2D eigenvalue weighted by Crippen LogP contribution is 2.28. The highest BCUT2D eigenvalue weighted by atomic mass is 79.9. The zero-order valence-corrected chi connectivity index (χ0v) is 13.1. The quantitative estimate of drug-likeness (QED) is 0.817. The monoisotopic (exact) mass is 364 g/mol. The lowest BCUT2D eigenvalue weighted by atomic mass is 10.0. The molecule has 0 aliphatic heterocycles. The predicted octanol–water partition coefficient (Wildman–Crippen LogP) is 3.25. The normalized spacial score (nSPS) is 13.6. The maximum absolute atomic E-state index is 13.9. The topological polar surface area (TPSA) is 68.1 Å². The number of benzene rings is 1. The predicted molar refractivity (Wildman–Crippen MR) is 81.7 cm³/mol. The molecule has 4 nitrogen and oxygen atoms in total. The van der Waals surface area contributed by atoms with Crippen molar-refractivity contribution in [1.29, 1.82) is 0 Å². The molecule has 1 aromatic carbocycles. The average molecular weight is 366 g/mol. The lowest BCUT2D eigenvalue weighted by Crippen LogP contribution is -2.31. The number of esters is 1. The van der Waals surface area contributed by atoms with Crippen LogP contribution in [0, 0.1) is 0 Å². The maximum Gasteiger partial charge on any atom is 0.342 e. The Morgan fingerprint density at radius 3 is 2.90 bits per heavy atom. The lowest BCUT2D eigenvalue weighted by molar-refractivity contribution is -0.149. The fourth-order valence-corrected chi connectivity index (χ4v) is 2.28. The first-order valence-electron chi connectivity index (χ1n) is 5.87. The molecule has 0 spiro atoms. The van der Waals surface area contributed by atoms with Crippen LogP contribution in [0.2, 0.25) is 0 Å². The van der Waals surface area contributed by atoms with Crippen LogP contribution < -0.4 is 5.73 Å². The molecule has 2 aromatic rings. The number of nitrogens with one attached hydrogen (secondary N) is 1. The summed E-state index contributed by atoms with van der Waals surface area (Å²) in [5.41, 5.74) is 7.21. The SMILES string of the molecule is CCOC(=O)C(F)[C@H](N)c1c[nH]c2ccc(Br)cc12.Cl. The molecule has 110 valence electrons. The number of aromatic amines is 1. The molecule has 2 rings (SSSR count). The van der Waals surface area contributed by atoms with E-state index in [1.54, 1.807) is 13.1 Å². The molecule has 0 saturated heterocycles. The summed E-state index contributed by atoms with van der Waals surface area (Å²) in [6, 6.07) is 4.50. The number of carbonyl (C=O) groups is 1. The summed E-state index contributed by atoms with van der Waals surface area (Å²) >= 11 is 3.35. The summed E-state index contributed by atoms with van der Waals surface area (Å²) in [7, 11) is 0. The molecule has 0 aliphatic rings. The molecule has 0 amide bonds. The van der Waals surface area contributed by atoms with Gasteiger partial charge < -0.3 is 15.5 Å². The third-order valence-electron chi connectivity index (χ3n) is 2.86. The lowest BCUT2D eigenvalue weighted by Gasteiger charge is -2.15. The Kier molecular flexibility index (Phi) is 5.98. The molecule has 0 radical (unpaired) electrons. The number of aromatic nitrogens is 1. The van der Waals surface area contributed by atoms with Gasteiger partial charge in [0.1, 0.15) is 0 Å². The number of fused-ring (bicyclic) bond motifs is 1. The number of carbonyl (C=O) groups excluding carboxylic acids is 1. The Morgan fingerprint density at radius 1 is 1.55 bits per heavy atom. The largest absolute Gasteiger partial charge is 0.464 e. The van der Waals surface area contributed by atoms with E-state index in [-0.39, 0.29) is 19.0 Å². The van der Waals surface area contributed by atoms with E-state index in [9.17, 15) is 9.18 Å². The molecule has 1 heterocycles. The molecule has 20 heavy (non-hydrogen) atoms. The summed E-state index contributed by atoms with van der Waals surface area (Å²) < 4.78 is 19.4. The molecule has 2 atom stereocenters. The van der Waals surface area contributed by atoms with Crippen molar-refractivity contribution in [1.82, 2.24) is 4.98 Å². The van der Waals surface area contributed by atoms with E-state index >= 15 is 0 Å². The fourth-order valence-electron chi connectivity index (χ4n) is 1.92. The molecule has 3 N–H and O–H groups in total. The number of ether oxygens (including phenoxy) is 1. The van der Waals surface area contributed by atoms with Crippen LogP contribution >= 0.6 is 28.3 Å². The van der Waals surface area contributed by atoms with Gasteiger partial charge in [0, 0.05) is 21.6 Å². The van der Waals surface area contributed by atoms with Crippen LogP contribution in [0.5, 0.6) is 0 Å². The Bertz CT molecular complexity index is 605. The Balaban J connectivity index is 0.00000200. The number of nitrogens with two attached hydrogens (primary N) is 1. The highest BCUT2D eigenvalue weighted by Gasteiger charge is 2.29. The average Bonchev–Trinajstić information content (AvgIpc) is 2.80. The molecule has 0 bridgehead atoms. The van der Waals surface area contributed by atoms with Crippen LogP contribution in [-0.2, 0) is 9.53 Å². The first-order chi connectivity index (χ1) is 9.04. The molecular formula is C13H15BrClFN2O2. The van der Waals surface area contributed by atoms with Crippen LogP contribution in [0.4, 0.5) is 4.39 Å². The molecule has 0 aliphatic carbocycles. The second-order valence-corrected chi connectivity index (χ2v) is 5.03. The summed E-state index contributed by atoms with van der Waals surface area (Å²) in [4.78, 5) is 14.4. The highest BCUT2D eigenvalue weighted by molar-refractivity contribution is 9.10. The van der Waals surface area contributed by atoms with Gasteiger partial charge in [0.25, 0.3) is 0 Å². The summed E-state index contributed by atoms with van der Waals surface area (Å²) in [5.74, 6) is -0.931. The molecule has 7 heteroatoms. The third-order valence-corrected chi connectivity index (χ3v) is 3.36. The van der Waals surface area contributed by atoms with E-state index in [0.717, 1.165) is 15.4 Å². The van der Waals surface area contributed by atoms with Crippen molar-refractivity contribution < 1.29 is 13.9 Å². The number of hydrogen-bond acceptors (Lipinski definition) is 3. The van der Waals surface area contributed by atoms with E-state index in [0.29, 0.717) is 5.56 Å². The summed E-state index contributed by atoms with van der Waals surface area (Å²) in [6.45, 7) is 1.75. The van der Waals surface area contributed by atoms with E-state index < -0.39 is 18.2 Å². The second kappa shape index (κ2) is 7.06. The first kappa shape index (κ1) is 16.9. The first-order valence-corrected chi connectivity index (χ1v) is 6.66. The zero-order valence-electron chi connectivity index (χ0n) is 10.7. The Labute approximate surface area is 130 Å². The summed E-state index contributed by atoms with van der Waals surface area (Å²) in [5, 5.41) is 0.786. The second-order valence-electron chi connectivity index (χ2n) is 4.11. The van der Waals surface area contributed by atoms with Gasteiger partial charge in [0.05, 0.1) is 12.6 Å². The third kappa shape index (κ3) is 3.31. The number of hydrogen-bond donors (Lipinski definition) is 2. The number of halogens is 3. The van der Waals surface area contributed by atoms with Crippen LogP contribution in [-0.4, -0.2) is 23.7 Å². The van der Waals surface area contributed by atoms with Crippen molar-refractivity contribution in [2.24, 2.45) is 5.73 Å². The van der Waals surface area contributed by atoms with Crippen molar-refractivity contribution >= 4 is 45.2 Å². The van der Waals surface area contributed by atoms with Gasteiger partial charge >= 0.3 is 5.97 Å². The van der Waals surface area contributed by atoms with Crippen molar-refractivity contribution in [2.45, 2.75) is 19.1 Å². The van der Waals surface area contributed by atoms with Gasteiger partial charge in [-0.15, -0.1) is 12.4 Å². The van der Waals surface area contributed by atoms with Crippen molar-refractivity contribution in [3.05, 3.63) is 34.4 Å².